The highest BCUT2D eigenvalue weighted by Gasteiger charge is 2.36. The first-order chi connectivity index (χ1) is 9.90. The molecule has 1 aliphatic heterocycles. The molecule has 1 N–H and O–H groups in total. The van der Waals surface area contributed by atoms with Crippen molar-refractivity contribution in [3.63, 3.8) is 0 Å². The summed E-state index contributed by atoms with van der Waals surface area (Å²) in [5.74, 6) is 0.910. The highest BCUT2D eigenvalue weighted by Crippen LogP contribution is 2.33. The molecule has 2 rings (SSSR count). The maximum absolute atomic E-state index is 11.9. The van der Waals surface area contributed by atoms with Crippen LogP contribution in [0.25, 0.3) is 0 Å². The number of aromatic nitrogens is 1. The Balaban J connectivity index is 1.94. The first-order valence-corrected chi connectivity index (χ1v) is 7.06. The van der Waals surface area contributed by atoms with E-state index >= 15 is 0 Å². The topological polar surface area (TPSA) is 71.9 Å². The van der Waals surface area contributed by atoms with Crippen LogP contribution in [-0.4, -0.2) is 53.0 Å². The molecule has 0 spiro atoms. The van der Waals surface area contributed by atoms with Gasteiger partial charge in [-0.2, -0.15) is 0 Å². The van der Waals surface area contributed by atoms with E-state index in [2.05, 4.69) is 4.98 Å². The largest absolute Gasteiger partial charge is 0.491 e. The number of likely N-dealkylation sites (tertiary alicyclic amines) is 1. The lowest BCUT2D eigenvalue weighted by Crippen LogP contribution is -2.50. The molecule has 0 radical (unpaired) electrons. The van der Waals surface area contributed by atoms with Gasteiger partial charge in [0.2, 0.25) is 0 Å². The fraction of sp³-hybridized carbons (Fsp3) is 0.600. The summed E-state index contributed by atoms with van der Waals surface area (Å²) in [5.41, 5.74) is 0.483. The first-order valence-electron chi connectivity index (χ1n) is 7.06. The van der Waals surface area contributed by atoms with Crippen LogP contribution >= 0.6 is 0 Å². The molecule has 1 saturated heterocycles. The number of rotatable bonds is 4. The minimum Gasteiger partial charge on any atom is -0.491 e. The van der Waals surface area contributed by atoms with Crippen LogP contribution in [0.4, 0.5) is 4.79 Å². The summed E-state index contributed by atoms with van der Waals surface area (Å²) >= 11 is 0. The Hall–Kier alpha value is -1.82. The van der Waals surface area contributed by atoms with Crippen molar-refractivity contribution in [3.8, 4) is 5.75 Å². The van der Waals surface area contributed by atoms with Gasteiger partial charge in [-0.25, -0.2) is 4.79 Å². The van der Waals surface area contributed by atoms with Crippen molar-refractivity contribution in [2.75, 3.05) is 26.3 Å². The summed E-state index contributed by atoms with van der Waals surface area (Å²) in [6.45, 7) is 6.96. The third kappa shape index (κ3) is 4.07. The highest BCUT2D eigenvalue weighted by molar-refractivity contribution is 5.69. The Bertz CT molecular complexity index is 493. The van der Waals surface area contributed by atoms with Crippen molar-refractivity contribution in [3.05, 3.63) is 24.0 Å². The van der Waals surface area contributed by atoms with E-state index in [0.29, 0.717) is 18.8 Å². The molecule has 0 bridgehead atoms. The van der Waals surface area contributed by atoms with E-state index in [1.54, 1.807) is 23.4 Å². The van der Waals surface area contributed by atoms with Gasteiger partial charge in [-0.15, -0.1) is 0 Å². The van der Waals surface area contributed by atoms with Crippen molar-refractivity contribution < 1.29 is 19.4 Å². The van der Waals surface area contributed by atoms with E-state index in [1.807, 2.05) is 20.8 Å². The van der Waals surface area contributed by atoms with Gasteiger partial charge in [0, 0.05) is 37.0 Å². The lowest BCUT2D eigenvalue weighted by atomic mass is 9.92. The van der Waals surface area contributed by atoms with Crippen LogP contribution in [0.2, 0.25) is 0 Å². The minimum absolute atomic E-state index is 0.0313. The van der Waals surface area contributed by atoms with Gasteiger partial charge >= 0.3 is 6.09 Å². The molecule has 1 fully saturated rings. The van der Waals surface area contributed by atoms with Crippen LogP contribution in [0.1, 0.15) is 32.3 Å². The van der Waals surface area contributed by atoms with Crippen LogP contribution < -0.4 is 4.74 Å². The second-order valence-corrected chi connectivity index (χ2v) is 6.07. The average Bonchev–Trinajstić information content (AvgIpc) is 2.33. The molecule has 0 saturated carbocycles. The number of hydrogen-bond donors (Lipinski definition) is 1. The smallest absolute Gasteiger partial charge is 0.410 e. The van der Waals surface area contributed by atoms with E-state index < -0.39 is 5.60 Å². The van der Waals surface area contributed by atoms with Crippen LogP contribution in [-0.2, 0) is 4.74 Å². The first kappa shape index (κ1) is 15.6. The minimum atomic E-state index is -0.480. The number of amides is 1. The van der Waals surface area contributed by atoms with Gasteiger partial charge in [-0.05, 0) is 26.8 Å². The Morgan fingerprint density at radius 3 is 2.81 bits per heavy atom. The predicted molar refractivity (Wildman–Crippen MR) is 77.4 cm³/mol. The van der Waals surface area contributed by atoms with Gasteiger partial charge in [0.05, 0.1) is 6.61 Å². The number of pyridine rings is 1. The van der Waals surface area contributed by atoms with Crippen molar-refractivity contribution in [1.82, 2.24) is 9.88 Å². The van der Waals surface area contributed by atoms with Gasteiger partial charge in [-0.1, -0.05) is 0 Å². The quantitative estimate of drug-likeness (QED) is 0.916. The SMILES string of the molecule is CC(C)(C)OC(=O)N1CC(c2cnccc2OCCO)C1. The molecule has 6 nitrogen and oxygen atoms in total. The van der Waals surface area contributed by atoms with Gasteiger partial charge in [0.25, 0.3) is 0 Å². The molecule has 1 aliphatic rings. The number of carbonyl (C=O) groups is 1. The molecule has 0 aromatic carbocycles. The number of nitrogens with zero attached hydrogens (tertiary/aromatic N) is 2. The Kier molecular flexibility index (Phi) is 4.67. The molecular weight excluding hydrogens is 272 g/mol. The summed E-state index contributed by atoms with van der Waals surface area (Å²) < 4.78 is 10.8. The Morgan fingerprint density at radius 2 is 2.19 bits per heavy atom. The molecule has 1 aromatic heterocycles. The molecule has 0 aliphatic carbocycles. The molecular formula is C15H22N2O4. The summed E-state index contributed by atoms with van der Waals surface area (Å²) in [5, 5.41) is 8.84. The fourth-order valence-electron chi connectivity index (χ4n) is 2.14. The molecule has 0 unspecified atom stereocenters. The molecule has 21 heavy (non-hydrogen) atoms. The number of hydrogen-bond acceptors (Lipinski definition) is 5. The summed E-state index contributed by atoms with van der Waals surface area (Å²) in [6.07, 6.45) is 3.12. The lowest BCUT2D eigenvalue weighted by molar-refractivity contribution is 0.00791. The van der Waals surface area contributed by atoms with Crippen LogP contribution in [0, 0.1) is 0 Å². The van der Waals surface area contributed by atoms with E-state index in [1.165, 1.54) is 0 Å². The molecule has 6 heteroatoms. The van der Waals surface area contributed by atoms with Crippen LogP contribution in [0.5, 0.6) is 5.75 Å². The van der Waals surface area contributed by atoms with E-state index in [-0.39, 0.29) is 25.2 Å². The number of carbonyl (C=O) groups excluding carboxylic acids is 1. The second kappa shape index (κ2) is 6.30. The Morgan fingerprint density at radius 1 is 1.48 bits per heavy atom. The zero-order chi connectivity index (χ0) is 15.5. The normalized spacial score (nSPS) is 15.5. The van der Waals surface area contributed by atoms with Crippen molar-refractivity contribution in [2.24, 2.45) is 0 Å². The van der Waals surface area contributed by atoms with Crippen LogP contribution in [0.3, 0.4) is 0 Å². The third-order valence-corrected chi connectivity index (χ3v) is 3.13. The van der Waals surface area contributed by atoms with Crippen molar-refractivity contribution >= 4 is 6.09 Å². The highest BCUT2D eigenvalue weighted by atomic mass is 16.6. The summed E-state index contributed by atoms with van der Waals surface area (Å²) in [7, 11) is 0. The van der Waals surface area contributed by atoms with Crippen molar-refractivity contribution in [1.29, 1.82) is 0 Å². The Labute approximate surface area is 124 Å². The zero-order valence-corrected chi connectivity index (χ0v) is 12.7. The number of aliphatic hydroxyl groups is 1. The van der Waals surface area contributed by atoms with E-state index in [9.17, 15) is 4.79 Å². The maximum Gasteiger partial charge on any atom is 0.410 e. The summed E-state index contributed by atoms with van der Waals surface area (Å²) in [6, 6.07) is 1.78. The number of aliphatic hydroxyl groups excluding tert-OH is 1. The maximum atomic E-state index is 11.9. The molecule has 116 valence electrons. The predicted octanol–water partition coefficient (Wildman–Crippen LogP) is 1.79. The van der Waals surface area contributed by atoms with Gasteiger partial charge in [0.1, 0.15) is 18.0 Å². The fourth-order valence-corrected chi connectivity index (χ4v) is 2.14. The van der Waals surface area contributed by atoms with E-state index in [0.717, 1.165) is 5.56 Å². The van der Waals surface area contributed by atoms with Crippen LogP contribution in [0.15, 0.2) is 18.5 Å². The van der Waals surface area contributed by atoms with Gasteiger partial charge in [-0.3, -0.25) is 4.98 Å². The zero-order valence-electron chi connectivity index (χ0n) is 12.7. The molecule has 1 aromatic rings. The monoisotopic (exact) mass is 294 g/mol. The average molecular weight is 294 g/mol. The molecule has 1 amide bonds. The molecule has 0 atom stereocenters. The molecule has 2 heterocycles. The standard InChI is InChI=1S/C15H22N2O4/c1-15(2,3)21-14(19)17-9-11(10-17)12-8-16-5-4-13(12)20-7-6-18/h4-5,8,11,18H,6-7,9-10H2,1-3H3. The second-order valence-electron chi connectivity index (χ2n) is 6.07. The summed E-state index contributed by atoms with van der Waals surface area (Å²) in [4.78, 5) is 17.7. The van der Waals surface area contributed by atoms with Gasteiger partial charge in [0.15, 0.2) is 0 Å². The third-order valence-electron chi connectivity index (χ3n) is 3.13. The van der Waals surface area contributed by atoms with Crippen molar-refractivity contribution in [2.45, 2.75) is 32.3 Å². The van der Waals surface area contributed by atoms with E-state index in [4.69, 9.17) is 14.6 Å². The van der Waals surface area contributed by atoms with Gasteiger partial charge < -0.3 is 19.5 Å². The lowest BCUT2D eigenvalue weighted by Gasteiger charge is -2.40. The number of ether oxygens (including phenoxy) is 2.